The second-order valence-corrected chi connectivity index (χ2v) is 8.98. The summed E-state index contributed by atoms with van der Waals surface area (Å²) in [4.78, 5) is 25.0. The zero-order valence-electron chi connectivity index (χ0n) is 18.5. The fraction of sp³-hybridized carbons (Fsp3) is 0.391. The largest absolute Gasteiger partial charge is 0.478 e. The maximum absolute atomic E-state index is 13.4. The first kappa shape index (κ1) is 22.3. The lowest BCUT2D eigenvalue weighted by Crippen LogP contribution is -2.61. The number of dihydropyridines is 1. The molecule has 1 aliphatic rings. The van der Waals surface area contributed by atoms with E-state index in [4.69, 9.17) is 0 Å². The fourth-order valence-corrected chi connectivity index (χ4v) is 3.66. The maximum atomic E-state index is 13.4. The third-order valence-corrected chi connectivity index (χ3v) is 5.74. The van der Waals surface area contributed by atoms with Gasteiger partial charge in [0.25, 0.3) is 5.91 Å². The number of nitrogens with one attached hydrogen (secondary N) is 2. The first-order valence-corrected chi connectivity index (χ1v) is 10.2. The highest BCUT2D eigenvalue weighted by Gasteiger charge is 2.48. The topological polar surface area (TPSA) is 109 Å². The van der Waals surface area contributed by atoms with Gasteiger partial charge in [0.05, 0.1) is 5.57 Å². The van der Waals surface area contributed by atoms with Crippen LogP contribution in [0, 0.1) is 5.41 Å². The van der Waals surface area contributed by atoms with Gasteiger partial charge in [-0.15, -0.1) is 10.2 Å². The van der Waals surface area contributed by atoms with Crippen LogP contribution in [-0.2, 0) is 23.1 Å². The molecule has 8 nitrogen and oxygen atoms in total. The summed E-state index contributed by atoms with van der Waals surface area (Å²) in [6.45, 7) is 7.79. The van der Waals surface area contributed by atoms with Crippen molar-refractivity contribution in [3.63, 3.8) is 0 Å². The molecule has 8 heteroatoms. The van der Waals surface area contributed by atoms with E-state index in [1.807, 2.05) is 56.7 Å². The molecule has 0 spiro atoms. The molecule has 0 radical (unpaired) electrons. The number of benzene rings is 1. The number of carbonyl (C=O) groups excluding carboxylic acids is 1. The summed E-state index contributed by atoms with van der Waals surface area (Å²) in [5.41, 5.74) is -0.00899. The minimum Gasteiger partial charge on any atom is -0.478 e. The van der Waals surface area contributed by atoms with Crippen molar-refractivity contribution in [2.24, 2.45) is 12.5 Å². The summed E-state index contributed by atoms with van der Waals surface area (Å²) in [5, 5.41) is 23.6. The number of hydrogen-bond donors (Lipinski definition) is 3. The van der Waals surface area contributed by atoms with Gasteiger partial charge in [0, 0.05) is 19.2 Å². The molecule has 1 amide bonds. The summed E-state index contributed by atoms with van der Waals surface area (Å²) in [6, 6.07) is 7.68. The molecule has 0 saturated heterocycles. The van der Waals surface area contributed by atoms with Crippen molar-refractivity contribution in [1.82, 2.24) is 20.1 Å². The van der Waals surface area contributed by atoms with E-state index in [-0.39, 0.29) is 17.4 Å². The Labute approximate surface area is 182 Å². The van der Waals surface area contributed by atoms with Crippen molar-refractivity contribution < 1.29 is 14.7 Å². The Morgan fingerprint density at radius 1 is 1.32 bits per heavy atom. The Bertz CT molecular complexity index is 1050. The van der Waals surface area contributed by atoms with E-state index >= 15 is 0 Å². The number of aliphatic carboxylic acids is 1. The van der Waals surface area contributed by atoms with Crippen molar-refractivity contribution in [1.29, 1.82) is 0 Å². The molecule has 3 rings (SSSR count). The van der Waals surface area contributed by atoms with Crippen molar-refractivity contribution >= 4 is 17.6 Å². The van der Waals surface area contributed by atoms with E-state index in [9.17, 15) is 14.7 Å². The smallest absolute Gasteiger partial charge is 0.335 e. The number of aryl methyl sites for hydroxylation is 1. The maximum Gasteiger partial charge on any atom is 0.335 e. The molecule has 3 N–H and O–H groups in total. The number of rotatable bonds is 6. The molecule has 0 fully saturated rings. The van der Waals surface area contributed by atoms with Gasteiger partial charge in [0.2, 0.25) is 0 Å². The Kier molecular flexibility index (Phi) is 6.01. The minimum atomic E-state index is -1.21. The van der Waals surface area contributed by atoms with Gasteiger partial charge in [-0.25, -0.2) is 4.79 Å². The SMILES string of the molecule is C[C@H](Cc1nncn1C)c1cccc(NC(=O)C2(C(C)(C)C)C=C(C(=O)O)C=CN2)c1. The van der Waals surface area contributed by atoms with Gasteiger partial charge in [0.15, 0.2) is 0 Å². The number of carboxylic acid groups (broad SMARTS) is 1. The lowest BCUT2D eigenvalue weighted by atomic mass is 9.71. The first-order valence-electron chi connectivity index (χ1n) is 10.2. The average Bonchev–Trinajstić information content (AvgIpc) is 3.11. The monoisotopic (exact) mass is 423 g/mol. The second-order valence-electron chi connectivity index (χ2n) is 8.98. The highest BCUT2D eigenvalue weighted by molar-refractivity contribution is 6.03. The van der Waals surface area contributed by atoms with Crippen LogP contribution >= 0.6 is 0 Å². The number of amides is 1. The second kappa shape index (κ2) is 8.37. The van der Waals surface area contributed by atoms with E-state index in [1.54, 1.807) is 6.33 Å². The number of hydrogen-bond acceptors (Lipinski definition) is 5. The quantitative estimate of drug-likeness (QED) is 0.659. The standard InChI is InChI=1S/C23H29N5O3/c1-15(11-19-27-25-14-28(19)5)16-7-6-8-18(12-16)26-21(31)23(22(2,3)4)13-17(20(29)30)9-10-24-23/h6-10,12-15,24H,11H2,1-5H3,(H,26,31)(H,29,30)/t15-,23?/m1/s1. The Morgan fingerprint density at radius 2 is 2.06 bits per heavy atom. The number of nitrogens with zero attached hydrogens (tertiary/aromatic N) is 3. The van der Waals surface area contributed by atoms with Crippen LogP contribution in [0.3, 0.4) is 0 Å². The van der Waals surface area contributed by atoms with E-state index in [0.717, 1.165) is 17.8 Å². The molecule has 1 aromatic carbocycles. The van der Waals surface area contributed by atoms with Crippen LogP contribution in [0.5, 0.6) is 0 Å². The van der Waals surface area contributed by atoms with Crippen LogP contribution in [0.4, 0.5) is 5.69 Å². The molecule has 0 bridgehead atoms. The highest BCUT2D eigenvalue weighted by atomic mass is 16.4. The number of carboxylic acids is 1. The van der Waals surface area contributed by atoms with Gasteiger partial charge >= 0.3 is 5.97 Å². The first-order chi connectivity index (χ1) is 14.5. The Hall–Kier alpha value is -3.42. The predicted octanol–water partition coefficient (Wildman–Crippen LogP) is 3.01. The highest BCUT2D eigenvalue weighted by Crippen LogP contribution is 2.36. The number of anilines is 1. The number of aromatic nitrogens is 3. The predicted molar refractivity (Wildman–Crippen MR) is 118 cm³/mol. The van der Waals surface area contributed by atoms with Crippen molar-refractivity contribution in [3.8, 4) is 0 Å². The van der Waals surface area contributed by atoms with Crippen molar-refractivity contribution in [2.75, 3.05) is 5.32 Å². The molecule has 164 valence electrons. The van der Waals surface area contributed by atoms with Gasteiger partial charge in [-0.1, -0.05) is 39.8 Å². The Morgan fingerprint density at radius 3 is 2.68 bits per heavy atom. The molecule has 0 saturated carbocycles. The van der Waals surface area contributed by atoms with E-state index in [1.165, 1.54) is 18.4 Å². The van der Waals surface area contributed by atoms with Crippen molar-refractivity contribution in [2.45, 2.75) is 45.6 Å². The van der Waals surface area contributed by atoms with E-state index < -0.39 is 16.9 Å². The van der Waals surface area contributed by atoms with Gasteiger partial charge in [-0.3, -0.25) is 4.79 Å². The Balaban J connectivity index is 1.85. The van der Waals surface area contributed by atoms with E-state index in [0.29, 0.717) is 5.69 Å². The molecule has 0 aliphatic carbocycles. The van der Waals surface area contributed by atoms with Gasteiger partial charge in [-0.2, -0.15) is 0 Å². The summed E-state index contributed by atoms with van der Waals surface area (Å²) in [6.07, 6.45) is 6.86. The average molecular weight is 424 g/mol. The lowest BCUT2D eigenvalue weighted by Gasteiger charge is -2.43. The minimum absolute atomic E-state index is 0.0786. The zero-order chi connectivity index (χ0) is 22.8. The molecule has 1 aliphatic heterocycles. The summed E-state index contributed by atoms with van der Waals surface area (Å²) < 4.78 is 1.89. The summed E-state index contributed by atoms with van der Waals surface area (Å²) in [7, 11) is 1.91. The molecule has 2 heterocycles. The normalized spacial score (nSPS) is 19.3. The fourth-order valence-electron chi connectivity index (χ4n) is 3.66. The molecule has 1 unspecified atom stereocenters. The van der Waals surface area contributed by atoms with E-state index in [2.05, 4.69) is 27.8 Å². The molecule has 2 atom stereocenters. The summed E-state index contributed by atoms with van der Waals surface area (Å²) >= 11 is 0. The molecule has 31 heavy (non-hydrogen) atoms. The van der Waals surface area contributed by atoms with Crippen molar-refractivity contribution in [3.05, 3.63) is 65.9 Å². The zero-order valence-corrected chi connectivity index (χ0v) is 18.5. The molecule has 1 aromatic heterocycles. The van der Waals surface area contributed by atoms with Crippen LogP contribution in [-0.4, -0.2) is 37.3 Å². The third kappa shape index (κ3) is 4.52. The van der Waals surface area contributed by atoms with Crippen LogP contribution in [0.2, 0.25) is 0 Å². The molecular weight excluding hydrogens is 394 g/mol. The van der Waals surface area contributed by atoms with Gasteiger partial charge < -0.3 is 20.3 Å². The lowest BCUT2D eigenvalue weighted by molar-refractivity contribution is -0.132. The molecule has 2 aromatic rings. The van der Waals surface area contributed by atoms with Gasteiger partial charge in [0.1, 0.15) is 17.7 Å². The van der Waals surface area contributed by atoms with Crippen LogP contribution < -0.4 is 10.6 Å². The third-order valence-electron chi connectivity index (χ3n) is 5.74. The number of carbonyl (C=O) groups is 2. The van der Waals surface area contributed by atoms with Crippen LogP contribution in [0.25, 0.3) is 0 Å². The van der Waals surface area contributed by atoms with Crippen LogP contribution in [0.1, 0.15) is 45.0 Å². The summed E-state index contributed by atoms with van der Waals surface area (Å²) in [5.74, 6) is -0.330. The van der Waals surface area contributed by atoms with Crippen LogP contribution in [0.15, 0.2) is 54.5 Å². The van der Waals surface area contributed by atoms with Gasteiger partial charge in [-0.05, 0) is 47.4 Å². The molecular formula is C23H29N5O3.